The van der Waals surface area contributed by atoms with Crippen LogP contribution in [0.5, 0.6) is 5.75 Å². The summed E-state index contributed by atoms with van der Waals surface area (Å²) < 4.78 is 5.34. The van der Waals surface area contributed by atoms with Gasteiger partial charge in [-0.3, -0.25) is 14.9 Å². The Kier molecular flexibility index (Phi) is 4.81. The summed E-state index contributed by atoms with van der Waals surface area (Å²) in [6.45, 7) is 1.23. The number of halogens is 1. The minimum absolute atomic E-state index is 0.0513. The Hall–Kier alpha value is -2.86. The second kappa shape index (κ2) is 7.40. The van der Waals surface area contributed by atoms with Crippen LogP contribution < -0.4 is 4.74 Å². The van der Waals surface area contributed by atoms with Gasteiger partial charge in [-0.05, 0) is 36.8 Å². The molecule has 0 spiro atoms. The predicted molar refractivity (Wildman–Crippen MR) is 103 cm³/mol. The van der Waals surface area contributed by atoms with E-state index >= 15 is 0 Å². The van der Waals surface area contributed by atoms with E-state index in [4.69, 9.17) is 16.3 Å². The third-order valence-corrected chi connectivity index (χ3v) is 5.07. The summed E-state index contributed by atoms with van der Waals surface area (Å²) in [7, 11) is 1.54. The maximum atomic E-state index is 13.0. The second-order valence-electron chi connectivity index (χ2n) is 6.41. The molecule has 1 N–H and O–H groups in total. The van der Waals surface area contributed by atoms with Gasteiger partial charge in [0, 0.05) is 53.7 Å². The van der Waals surface area contributed by atoms with Crippen LogP contribution >= 0.6 is 11.6 Å². The van der Waals surface area contributed by atoms with Crippen LogP contribution in [0.4, 0.5) is 0 Å². The lowest BCUT2D eigenvalue weighted by atomic mass is 10.0. The van der Waals surface area contributed by atoms with Crippen molar-refractivity contribution in [3.8, 4) is 17.0 Å². The van der Waals surface area contributed by atoms with Gasteiger partial charge in [-0.15, -0.1) is 0 Å². The van der Waals surface area contributed by atoms with Crippen LogP contribution in [0.2, 0.25) is 5.02 Å². The number of hydrogen-bond acceptors (Lipinski definition) is 4. The lowest BCUT2D eigenvalue weighted by Gasteiger charge is -2.21. The summed E-state index contributed by atoms with van der Waals surface area (Å²) in [5.74, 6) is 0.442. The monoisotopic (exact) mass is 382 g/mol. The zero-order valence-corrected chi connectivity index (χ0v) is 15.7. The zero-order valence-electron chi connectivity index (χ0n) is 14.9. The number of rotatable bonds is 3. The molecule has 6 nitrogen and oxygen atoms in total. The minimum Gasteiger partial charge on any atom is -0.496 e. The van der Waals surface area contributed by atoms with E-state index in [2.05, 4.69) is 15.2 Å². The molecule has 138 valence electrons. The summed E-state index contributed by atoms with van der Waals surface area (Å²) in [4.78, 5) is 19.1. The number of carbonyl (C=O) groups is 1. The highest BCUT2D eigenvalue weighted by atomic mass is 35.5. The second-order valence-corrected chi connectivity index (χ2v) is 6.84. The van der Waals surface area contributed by atoms with Crippen LogP contribution in [0.15, 0.2) is 42.7 Å². The van der Waals surface area contributed by atoms with Gasteiger partial charge in [-0.25, -0.2) is 0 Å². The number of carbonyl (C=O) groups excluding carboxylic acids is 1. The lowest BCUT2D eigenvalue weighted by molar-refractivity contribution is 0.0759. The van der Waals surface area contributed by atoms with Gasteiger partial charge >= 0.3 is 0 Å². The topological polar surface area (TPSA) is 71.1 Å². The average molecular weight is 383 g/mol. The number of benzene rings is 1. The van der Waals surface area contributed by atoms with Crippen LogP contribution in [0.25, 0.3) is 11.3 Å². The molecule has 1 aliphatic rings. The van der Waals surface area contributed by atoms with Crippen LogP contribution in [0, 0.1) is 0 Å². The number of aromatic nitrogens is 3. The van der Waals surface area contributed by atoms with E-state index in [1.165, 1.54) is 0 Å². The highest BCUT2D eigenvalue weighted by Crippen LogP contribution is 2.28. The SMILES string of the molecule is COc1cc(Cl)ccc1C(=O)N1CCc2[nH]nc(-c3cccnc3)c2CC1. The zero-order chi connectivity index (χ0) is 18.8. The molecule has 0 atom stereocenters. The van der Waals surface area contributed by atoms with Crippen molar-refractivity contribution < 1.29 is 9.53 Å². The number of nitrogens with one attached hydrogen (secondary N) is 1. The standard InChI is InChI=1S/C20H19ClN4O2/c1-27-18-11-14(21)4-5-16(18)20(26)25-9-6-15-17(7-10-25)23-24-19(15)13-3-2-8-22-12-13/h2-5,8,11-12H,6-7,9-10H2,1H3,(H,23,24). The molecule has 0 bridgehead atoms. The Morgan fingerprint density at radius 1 is 1.26 bits per heavy atom. The third-order valence-electron chi connectivity index (χ3n) is 4.83. The molecule has 27 heavy (non-hydrogen) atoms. The van der Waals surface area contributed by atoms with E-state index in [1.54, 1.807) is 31.5 Å². The molecule has 0 unspecified atom stereocenters. The number of amides is 1. The van der Waals surface area contributed by atoms with Crippen molar-refractivity contribution in [1.29, 1.82) is 0 Å². The quantitative estimate of drug-likeness (QED) is 0.753. The summed E-state index contributed by atoms with van der Waals surface area (Å²) >= 11 is 6.01. The van der Waals surface area contributed by atoms with Crippen LogP contribution in [-0.4, -0.2) is 46.2 Å². The molecule has 3 aromatic rings. The summed E-state index contributed by atoms with van der Waals surface area (Å²) in [6.07, 6.45) is 5.01. The van der Waals surface area contributed by atoms with Crippen molar-refractivity contribution >= 4 is 17.5 Å². The van der Waals surface area contributed by atoms with Gasteiger partial charge in [0.25, 0.3) is 5.91 Å². The lowest BCUT2D eigenvalue weighted by Crippen LogP contribution is -2.33. The Balaban J connectivity index is 1.57. The van der Waals surface area contributed by atoms with Crippen LogP contribution in [0.3, 0.4) is 0 Å². The molecule has 2 aromatic heterocycles. The third kappa shape index (κ3) is 3.40. The molecule has 0 radical (unpaired) electrons. The van der Waals surface area contributed by atoms with Gasteiger partial charge in [0.2, 0.25) is 0 Å². The molecule has 1 aliphatic heterocycles. The number of ether oxygens (including phenoxy) is 1. The Bertz CT molecular complexity index is 971. The van der Waals surface area contributed by atoms with E-state index in [9.17, 15) is 4.79 Å². The van der Waals surface area contributed by atoms with Gasteiger partial charge in [0.1, 0.15) is 5.75 Å². The largest absolute Gasteiger partial charge is 0.496 e. The molecule has 0 saturated carbocycles. The van der Waals surface area contributed by atoms with Gasteiger partial charge in [0.15, 0.2) is 0 Å². The smallest absolute Gasteiger partial charge is 0.257 e. The number of hydrogen-bond donors (Lipinski definition) is 1. The van der Waals surface area contributed by atoms with E-state index in [-0.39, 0.29) is 5.91 Å². The predicted octanol–water partition coefficient (Wildman–Crippen LogP) is 3.37. The maximum Gasteiger partial charge on any atom is 0.257 e. The van der Waals surface area contributed by atoms with E-state index in [1.807, 2.05) is 23.2 Å². The van der Waals surface area contributed by atoms with Crippen molar-refractivity contribution in [2.24, 2.45) is 0 Å². The number of pyridine rings is 1. The first-order chi connectivity index (χ1) is 13.2. The maximum absolute atomic E-state index is 13.0. The first-order valence-electron chi connectivity index (χ1n) is 8.76. The van der Waals surface area contributed by atoms with Crippen molar-refractivity contribution in [2.45, 2.75) is 12.8 Å². The number of aromatic amines is 1. The molecule has 0 fully saturated rings. The van der Waals surface area contributed by atoms with Gasteiger partial charge in [-0.2, -0.15) is 5.10 Å². The summed E-state index contributed by atoms with van der Waals surface area (Å²) in [5.41, 5.74) is 4.65. The van der Waals surface area contributed by atoms with Gasteiger partial charge < -0.3 is 9.64 Å². The summed E-state index contributed by atoms with van der Waals surface area (Å²) in [6, 6.07) is 8.99. The highest BCUT2D eigenvalue weighted by Gasteiger charge is 2.25. The fourth-order valence-electron chi connectivity index (χ4n) is 3.44. The number of methoxy groups -OCH3 is 1. The number of H-pyrrole nitrogens is 1. The molecule has 1 amide bonds. The van der Waals surface area contributed by atoms with E-state index < -0.39 is 0 Å². The molecule has 0 saturated heterocycles. The average Bonchev–Trinajstić information content (AvgIpc) is 2.99. The van der Waals surface area contributed by atoms with E-state index in [0.29, 0.717) is 29.4 Å². The molecule has 4 rings (SSSR count). The van der Waals surface area contributed by atoms with Crippen LogP contribution in [-0.2, 0) is 12.8 Å². The van der Waals surface area contributed by atoms with Crippen molar-refractivity contribution in [3.05, 3.63) is 64.6 Å². The fourth-order valence-corrected chi connectivity index (χ4v) is 3.60. The minimum atomic E-state index is -0.0513. The first kappa shape index (κ1) is 17.5. The van der Waals surface area contributed by atoms with Gasteiger partial charge in [0.05, 0.1) is 18.4 Å². The van der Waals surface area contributed by atoms with Crippen molar-refractivity contribution in [1.82, 2.24) is 20.1 Å². The van der Waals surface area contributed by atoms with Gasteiger partial charge in [-0.1, -0.05) is 11.6 Å². The molecule has 1 aromatic carbocycles. The fraction of sp³-hybridized carbons (Fsp3) is 0.250. The van der Waals surface area contributed by atoms with E-state index in [0.717, 1.165) is 35.4 Å². The van der Waals surface area contributed by atoms with Crippen molar-refractivity contribution in [3.63, 3.8) is 0 Å². The first-order valence-corrected chi connectivity index (χ1v) is 9.14. The molecule has 7 heteroatoms. The normalized spacial score (nSPS) is 13.8. The molecular formula is C20H19ClN4O2. The number of fused-ring (bicyclic) bond motifs is 1. The molecule has 0 aliphatic carbocycles. The molecule has 3 heterocycles. The Morgan fingerprint density at radius 3 is 2.89 bits per heavy atom. The Morgan fingerprint density at radius 2 is 2.11 bits per heavy atom. The number of nitrogens with zero attached hydrogens (tertiary/aromatic N) is 3. The highest BCUT2D eigenvalue weighted by molar-refractivity contribution is 6.30. The molecular weight excluding hydrogens is 364 g/mol. The van der Waals surface area contributed by atoms with Crippen molar-refractivity contribution in [2.75, 3.05) is 20.2 Å². The van der Waals surface area contributed by atoms with Crippen LogP contribution in [0.1, 0.15) is 21.6 Å². The Labute approximate surface area is 162 Å². The summed E-state index contributed by atoms with van der Waals surface area (Å²) in [5, 5.41) is 8.15.